The van der Waals surface area contributed by atoms with Crippen molar-refractivity contribution in [2.75, 3.05) is 19.4 Å². The van der Waals surface area contributed by atoms with Crippen molar-refractivity contribution in [2.24, 2.45) is 5.41 Å². The van der Waals surface area contributed by atoms with Gasteiger partial charge >= 0.3 is 0 Å². The molecule has 1 N–H and O–H groups in total. The molecular formula is C16H27NO2S. The number of hydrogen-bond acceptors (Lipinski definition) is 3. The molecule has 0 saturated carbocycles. The molecule has 1 rings (SSSR count). The molecule has 0 aliphatic heterocycles. The van der Waals surface area contributed by atoms with Crippen LogP contribution in [0.2, 0.25) is 0 Å². The van der Waals surface area contributed by atoms with E-state index in [4.69, 9.17) is 4.74 Å². The van der Waals surface area contributed by atoms with Gasteiger partial charge in [-0.3, -0.25) is 4.21 Å². The average Bonchev–Trinajstić information content (AvgIpc) is 2.42. The fourth-order valence-corrected chi connectivity index (χ4v) is 3.52. The van der Waals surface area contributed by atoms with Gasteiger partial charge in [-0.05, 0) is 36.6 Å². The SMILES string of the molecule is CCCNC(CS(=O)c1cccc(OC)c1)C(C)(C)C. The lowest BCUT2D eigenvalue weighted by molar-refractivity contribution is 0.290. The Morgan fingerprint density at radius 1 is 1.35 bits per heavy atom. The molecule has 0 spiro atoms. The first-order valence-corrected chi connectivity index (χ1v) is 8.46. The number of nitrogens with one attached hydrogen (secondary N) is 1. The van der Waals surface area contributed by atoms with E-state index in [0.717, 1.165) is 23.6 Å². The summed E-state index contributed by atoms with van der Waals surface area (Å²) in [4.78, 5) is 0.830. The van der Waals surface area contributed by atoms with Crippen LogP contribution in [0.1, 0.15) is 34.1 Å². The number of methoxy groups -OCH3 is 1. The summed E-state index contributed by atoms with van der Waals surface area (Å²) in [7, 11) is 0.610. The molecule has 2 unspecified atom stereocenters. The van der Waals surface area contributed by atoms with Crippen molar-refractivity contribution in [1.29, 1.82) is 0 Å². The van der Waals surface area contributed by atoms with Gasteiger partial charge in [-0.25, -0.2) is 0 Å². The predicted molar refractivity (Wildman–Crippen MR) is 85.8 cm³/mol. The van der Waals surface area contributed by atoms with E-state index in [2.05, 4.69) is 33.0 Å². The van der Waals surface area contributed by atoms with E-state index < -0.39 is 10.8 Å². The van der Waals surface area contributed by atoms with Crippen LogP contribution < -0.4 is 10.1 Å². The van der Waals surface area contributed by atoms with Gasteiger partial charge < -0.3 is 10.1 Å². The molecule has 0 aliphatic rings. The molecule has 1 aromatic carbocycles. The molecule has 0 aromatic heterocycles. The quantitative estimate of drug-likeness (QED) is 0.840. The molecule has 0 radical (unpaired) electrons. The number of rotatable bonds is 7. The van der Waals surface area contributed by atoms with Crippen LogP contribution in [-0.2, 0) is 10.8 Å². The second-order valence-corrected chi connectivity index (χ2v) is 7.56. The van der Waals surface area contributed by atoms with E-state index in [0.29, 0.717) is 5.75 Å². The average molecular weight is 297 g/mol. The molecule has 0 aliphatic carbocycles. The van der Waals surface area contributed by atoms with E-state index in [1.807, 2.05) is 24.3 Å². The van der Waals surface area contributed by atoms with Gasteiger partial charge in [-0.2, -0.15) is 0 Å². The van der Waals surface area contributed by atoms with Gasteiger partial charge in [0.25, 0.3) is 0 Å². The van der Waals surface area contributed by atoms with Crippen LogP contribution in [0.4, 0.5) is 0 Å². The smallest absolute Gasteiger partial charge is 0.120 e. The standard InChI is InChI=1S/C16H27NO2S/c1-6-10-17-15(16(2,3)4)12-20(18)14-9-7-8-13(11-14)19-5/h7-9,11,15,17H,6,10,12H2,1-5H3. The highest BCUT2D eigenvalue weighted by Gasteiger charge is 2.26. The van der Waals surface area contributed by atoms with Crippen LogP contribution in [-0.4, -0.2) is 29.7 Å². The Morgan fingerprint density at radius 2 is 2.05 bits per heavy atom. The zero-order valence-corrected chi connectivity index (χ0v) is 14.0. The topological polar surface area (TPSA) is 38.3 Å². The summed E-state index contributed by atoms with van der Waals surface area (Å²) in [6.07, 6.45) is 1.08. The molecule has 3 nitrogen and oxygen atoms in total. The molecule has 114 valence electrons. The summed E-state index contributed by atoms with van der Waals surface area (Å²) in [6, 6.07) is 7.75. The maximum absolute atomic E-state index is 12.5. The van der Waals surface area contributed by atoms with Crippen molar-refractivity contribution in [3.05, 3.63) is 24.3 Å². The Labute approximate surface area is 125 Å². The maximum atomic E-state index is 12.5. The highest BCUT2D eigenvalue weighted by molar-refractivity contribution is 7.85. The molecule has 1 aromatic rings. The Kier molecular flexibility index (Phi) is 6.69. The van der Waals surface area contributed by atoms with Crippen molar-refractivity contribution in [3.63, 3.8) is 0 Å². The fraction of sp³-hybridized carbons (Fsp3) is 0.625. The monoisotopic (exact) mass is 297 g/mol. The van der Waals surface area contributed by atoms with E-state index in [1.165, 1.54) is 0 Å². The van der Waals surface area contributed by atoms with Crippen LogP contribution in [0.25, 0.3) is 0 Å². The van der Waals surface area contributed by atoms with Crippen molar-refractivity contribution < 1.29 is 8.95 Å². The lowest BCUT2D eigenvalue weighted by Crippen LogP contribution is -2.44. The van der Waals surface area contributed by atoms with Gasteiger partial charge in [0.1, 0.15) is 5.75 Å². The van der Waals surface area contributed by atoms with Crippen LogP contribution in [0.3, 0.4) is 0 Å². The van der Waals surface area contributed by atoms with Gasteiger partial charge in [0.15, 0.2) is 0 Å². The van der Waals surface area contributed by atoms with Crippen molar-refractivity contribution in [2.45, 2.75) is 45.1 Å². The summed E-state index contributed by atoms with van der Waals surface area (Å²) >= 11 is 0. The van der Waals surface area contributed by atoms with Crippen LogP contribution in [0, 0.1) is 5.41 Å². The van der Waals surface area contributed by atoms with Gasteiger partial charge in [-0.1, -0.05) is 33.8 Å². The van der Waals surface area contributed by atoms with Crippen LogP contribution in [0.15, 0.2) is 29.2 Å². The normalized spacial score (nSPS) is 14.8. The van der Waals surface area contributed by atoms with Crippen LogP contribution in [0.5, 0.6) is 5.75 Å². The van der Waals surface area contributed by atoms with E-state index in [1.54, 1.807) is 7.11 Å². The van der Waals surface area contributed by atoms with Gasteiger partial charge in [-0.15, -0.1) is 0 Å². The second kappa shape index (κ2) is 7.79. The first kappa shape index (κ1) is 17.2. The minimum Gasteiger partial charge on any atom is -0.497 e. The number of hydrogen-bond donors (Lipinski definition) is 1. The predicted octanol–water partition coefficient (Wildman–Crippen LogP) is 3.22. The Balaban J connectivity index is 2.79. The zero-order chi connectivity index (χ0) is 15.2. The third-order valence-electron chi connectivity index (χ3n) is 3.31. The number of ether oxygens (including phenoxy) is 1. The fourth-order valence-electron chi connectivity index (χ4n) is 1.92. The third kappa shape index (κ3) is 5.25. The second-order valence-electron chi connectivity index (χ2n) is 6.06. The maximum Gasteiger partial charge on any atom is 0.120 e. The first-order chi connectivity index (χ1) is 9.38. The molecule has 0 bridgehead atoms. The van der Waals surface area contributed by atoms with Crippen molar-refractivity contribution in [3.8, 4) is 5.75 Å². The summed E-state index contributed by atoms with van der Waals surface area (Å²) in [5, 5.41) is 3.51. The van der Waals surface area contributed by atoms with Crippen molar-refractivity contribution >= 4 is 10.8 Å². The zero-order valence-electron chi connectivity index (χ0n) is 13.2. The van der Waals surface area contributed by atoms with E-state index >= 15 is 0 Å². The number of benzene rings is 1. The summed E-state index contributed by atoms with van der Waals surface area (Å²) in [5.41, 5.74) is 0.0870. The van der Waals surface area contributed by atoms with Gasteiger partial charge in [0.2, 0.25) is 0 Å². The first-order valence-electron chi connectivity index (χ1n) is 7.14. The minimum absolute atomic E-state index is 0.0870. The largest absolute Gasteiger partial charge is 0.497 e. The molecule has 20 heavy (non-hydrogen) atoms. The minimum atomic E-state index is -1.02. The van der Waals surface area contributed by atoms with Gasteiger partial charge in [0.05, 0.1) is 17.9 Å². The molecule has 4 heteroatoms. The molecule has 0 fully saturated rings. The highest BCUT2D eigenvalue weighted by atomic mass is 32.2. The Hall–Kier alpha value is -0.870. The molecular weight excluding hydrogens is 270 g/mol. The molecule has 2 atom stereocenters. The Bertz CT molecular complexity index is 440. The summed E-state index contributed by atoms with van der Waals surface area (Å²) in [5.74, 6) is 1.38. The summed E-state index contributed by atoms with van der Waals surface area (Å²) < 4.78 is 17.7. The van der Waals surface area contributed by atoms with E-state index in [-0.39, 0.29) is 11.5 Å². The lowest BCUT2D eigenvalue weighted by Gasteiger charge is -2.31. The lowest BCUT2D eigenvalue weighted by atomic mass is 9.88. The van der Waals surface area contributed by atoms with Crippen LogP contribution >= 0.6 is 0 Å². The third-order valence-corrected chi connectivity index (χ3v) is 4.72. The van der Waals surface area contributed by atoms with Crippen molar-refractivity contribution in [1.82, 2.24) is 5.32 Å². The molecule has 0 saturated heterocycles. The van der Waals surface area contributed by atoms with Gasteiger partial charge in [0, 0.05) is 16.7 Å². The molecule has 0 heterocycles. The van der Waals surface area contributed by atoms with E-state index in [9.17, 15) is 4.21 Å². The Morgan fingerprint density at radius 3 is 2.60 bits per heavy atom. The molecule has 0 amide bonds. The highest BCUT2D eigenvalue weighted by Crippen LogP contribution is 2.23. The summed E-state index contributed by atoms with van der Waals surface area (Å²) in [6.45, 7) is 9.65.